The van der Waals surface area contributed by atoms with Gasteiger partial charge in [-0.25, -0.2) is 13.2 Å². The summed E-state index contributed by atoms with van der Waals surface area (Å²) in [7, 11) is -2.41. The van der Waals surface area contributed by atoms with Crippen LogP contribution in [0.1, 0.15) is 5.56 Å². The maximum atomic E-state index is 11.9. The summed E-state index contributed by atoms with van der Waals surface area (Å²) in [6, 6.07) is 6.37. The van der Waals surface area contributed by atoms with Gasteiger partial charge in [-0.1, -0.05) is 0 Å². The van der Waals surface area contributed by atoms with Gasteiger partial charge in [-0.05, 0) is 42.0 Å². The molecule has 2 rings (SSSR count). The van der Waals surface area contributed by atoms with Gasteiger partial charge in [0.15, 0.2) is 4.91 Å². The molecule has 5 nitrogen and oxygen atoms in total. The highest BCUT2D eigenvalue weighted by Gasteiger charge is 2.33. The van der Waals surface area contributed by atoms with Crippen LogP contribution in [0, 0.1) is 0 Å². The van der Waals surface area contributed by atoms with Crippen LogP contribution in [0.4, 0.5) is 0 Å². The lowest BCUT2D eigenvalue weighted by molar-refractivity contribution is -0.131. The Kier molecular flexibility index (Phi) is 2.96. The number of rotatable bonds is 3. The molecule has 0 unspecified atom stereocenters. The van der Waals surface area contributed by atoms with Crippen LogP contribution in [0.15, 0.2) is 41.3 Å². The molecule has 1 aromatic carbocycles. The van der Waals surface area contributed by atoms with Crippen molar-refractivity contribution in [1.29, 1.82) is 0 Å². The first-order valence-electron chi connectivity index (χ1n) is 5.01. The average Bonchev–Trinajstić information content (AvgIpc) is 2.65. The third-order valence-corrected chi connectivity index (χ3v) is 4.39. The first-order chi connectivity index (χ1) is 8.46. The zero-order valence-corrected chi connectivity index (χ0v) is 10.3. The number of benzene rings is 1. The standard InChI is InChI=1S/C12H10O5S/c1-17-9-4-2-8(3-5-9)10-6-7-11(12(13)14)18(10,15)16/h2-7H,1H3,(H,13,14). The first kappa shape index (κ1) is 12.4. The molecule has 1 heterocycles. The molecule has 94 valence electrons. The Bertz CT molecular complexity index is 650. The lowest BCUT2D eigenvalue weighted by Crippen LogP contribution is -2.10. The van der Waals surface area contributed by atoms with Crippen molar-refractivity contribution in [1.82, 2.24) is 0 Å². The Morgan fingerprint density at radius 3 is 2.22 bits per heavy atom. The molecule has 0 saturated carbocycles. The minimum absolute atomic E-state index is 0.0115. The van der Waals surface area contributed by atoms with Crippen LogP contribution in [-0.4, -0.2) is 26.6 Å². The summed E-state index contributed by atoms with van der Waals surface area (Å²) in [5.74, 6) is -0.851. The number of methoxy groups -OCH3 is 1. The number of sulfone groups is 1. The fourth-order valence-electron chi connectivity index (χ4n) is 1.64. The van der Waals surface area contributed by atoms with E-state index in [2.05, 4.69) is 0 Å². The Labute approximate surface area is 104 Å². The summed E-state index contributed by atoms with van der Waals surface area (Å²) >= 11 is 0. The van der Waals surface area contributed by atoms with E-state index in [-0.39, 0.29) is 4.91 Å². The number of carbonyl (C=O) groups is 1. The highest BCUT2D eigenvalue weighted by atomic mass is 32.2. The Balaban J connectivity index is 2.41. The van der Waals surface area contributed by atoms with Crippen molar-refractivity contribution < 1.29 is 23.1 Å². The molecule has 0 saturated heterocycles. The minimum atomic E-state index is -3.92. The van der Waals surface area contributed by atoms with E-state index < -0.39 is 20.7 Å². The van der Waals surface area contributed by atoms with Crippen molar-refractivity contribution in [3.8, 4) is 5.75 Å². The fourth-order valence-corrected chi connectivity index (χ4v) is 3.05. The molecule has 0 radical (unpaired) electrons. The normalized spacial score (nSPS) is 16.9. The van der Waals surface area contributed by atoms with Gasteiger partial charge in [0.1, 0.15) is 5.75 Å². The molecule has 0 amide bonds. The van der Waals surface area contributed by atoms with Crippen LogP contribution in [0.2, 0.25) is 0 Å². The number of carboxylic acid groups (broad SMARTS) is 1. The summed E-state index contributed by atoms with van der Waals surface area (Å²) in [4.78, 5) is 10.2. The van der Waals surface area contributed by atoms with E-state index in [4.69, 9.17) is 9.84 Å². The minimum Gasteiger partial charge on any atom is -0.497 e. The molecule has 1 aromatic rings. The van der Waals surface area contributed by atoms with E-state index in [0.29, 0.717) is 11.3 Å². The smallest absolute Gasteiger partial charge is 0.347 e. The molecule has 0 aromatic heterocycles. The van der Waals surface area contributed by atoms with Crippen molar-refractivity contribution in [2.24, 2.45) is 0 Å². The highest BCUT2D eigenvalue weighted by Crippen LogP contribution is 2.33. The Morgan fingerprint density at radius 2 is 1.78 bits per heavy atom. The van der Waals surface area contributed by atoms with Gasteiger partial charge in [-0.3, -0.25) is 0 Å². The number of hydrogen-bond acceptors (Lipinski definition) is 4. The number of ether oxygens (including phenoxy) is 1. The van der Waals surface area contributed by atoms with E-state index in [1.54, 1.807) is 24.3 Å². The summed E-state index contributed by atoms with van der Waals surface area (Å²) in [6.45, 7) is 0. The van der Waals surface area contributed by atoms with Crippen LogP contribution in [0.25, 0.3) is 4.91 Å². The number of carboxylic acids is 1. The maximum Gasteiger partial charge on any atom is 0.347 e. The van der Waals surface area contributed by atoms with Crippen LogP contribution >= 0.6 is 0 Å². The molecule has 0 spiro atoms. The van der Waals surface area contributed by atoms with Gasteiger partial charge in [0, 0.05) is 0 Å². The largest absolute Gasteiger partial charge is 0.497 e. The van der Waals surface area contributed by atoms with Crippen molar-refractivity contribution >= 4 is 20.7 Å². The van der Waals surface area contributed by atoms with Crippen molar-refractivity contribution in [2.75, 3.05) is 7.11 Å². The second kappa shape index (κ2) is 4.30. The SMILES string of the molecule is COc1ccc(C2=CC=C(C(=O)O)S2(=O)=O)cc1. The predicted molar refractivity (Wildman–Crippen MR) is 65.6 cm³/mol. The van der Waals surface area contributed by atoms with E-state index in [1.807, 2.05) is 0 Å². The number of allylic oxidation sites excluding steroid dienone is 2. The summed E-state index contributed by atoms with van der Waals surface area (Å²) < 4.78 is 28.8. The molecule has 1 aliphatic heterocycles. The fraction of sp³-hybridized carbons (Fsp3) is 0.0833. The number of aliphatic carboxylic acids is 1. The molecular formula is C12H10O5S. The monoisotopic (exact) mass is 266 g/mol. The van der Waals surface area contributed by atoms with Gasteiger partial charge in [-0.15, -0.1) is 0 Å². The average molecular weight is 266 g/mol. The van der Waals surface area contributed by atoms with Crippen LogP contribution < -0.4 is 4.74 Å². The summed E-state index contributed by atoms with van der Waals surface area (Å²) in [5.41, 5.74) is 0.434. The van der Waals surface area contributed by atoms with Gasteiger partial charge in [-0.2, -0.15) is 0 Å². The van der Waals surface area contributed by atoms with E-state index >= 15 is 0 Å². The van der Waals surface area contributed by atoms with Crippen molar-refractivity contribution in [3.63, 3.8) is 0 Å². The highest BCUT2D eigenvalue weighted by molar-refractivity contribution is 8.05. The van der Waals surface area contributed by atoms with Gasteiger partial charge in [0.25, 0.3) is 0 Å². The quantitative estimate of drug-likeness (QED) is 0.895. The lowest BCUT2D eigenvalue weighted by atomic mass is 10.2. The zero-order valence-electron chi connectivity index (χ0n) is 9.45. The van der Waals surface area contributed by atoms with Crippen LogP contribution in [-0.2, 0) is 14.6 Å². The molecular weight excluding hydrogens is 256 g/mol. The zero-order chi connectivity index (χ0) is 13.3. The van der Waals surface area contributed by atoms with Gasteiger partial charge in [0.05, 0.1) is 12.0 Å². The van der Waals surface area contributed by atoms with E-state index in [1.165, 1.54) is 13.2 Å². The van der Waals surface area contributed by atoms with Crippen molar-refractivity contribution in [3.05, 3.63) is 46.9 Å². The lowest BCUT2D eigenvalue weighted by Gasteiger charge is -2.06. The maximum absolute atomic E-state index is 11.9. The Morgan fingerprint density at radius 1 is 1.17 bits per heavy atom. The van der Waals surface area contributed by atoms with Gasteiger partial charge >= 0.3 is 5.97 Å². The second-order valence-electron chi connectivity index (χ2n) is 3.60. The Hall–Kier alpha value is -2.08. The predicted octanol–water partition coefficient (Wildman–Crippen LogP) is 1.43. The molecule has 0 fully saturated rings. The molecule has 0 atom stereocenters. The third kappa shape index (κ3) is 1.91. The van der Waals surface area contributed by atoms with E-state index in [9.17, 15) is 13.2 Å². The molecule has 0 aliphatic carbocycles. The van der Waals surface area contributed by atoms with Crippen molar-refractivity contribution in [2.45, 2.75) is 0 Å². The second-order valence-corrected chi connectivity index (χ2v) is 5.49. The molecule has 1 aliphatic rings. The van der Waals surface area contributed by atoms with E-state index in [0.717, 1.165) is 6.08 Å². The molecule has 18 heavy (non-hydrogen) atoms. The summed E-state index contributed by atoms with van der Waals surface area (Å²) in [6.07, 6.45) is 2.39. The van der Waals surface area contributed by atoms with Crippen LogP contribution in [0.3, 0.4) is 0 Å². The first-order valence-corrected chi connectivity index (χ1v) is 6.50. The molecule has 1 N–H and O–H groups in total. The molecule has 6 heteroatoms. The van der Waals surface area contributed by atoms with Crippen LogP contribution in [0.5, 0.6) is 5.75 Å². The van der Waals surface area contributed by atoms with Gasteiger partial charge < -0.3 is 9.84 Å². The topological polar surface area (TPSA) is 80.7 Å². The molecule has 0 bridgehead atoms. The summed E-state index contributed by atoms with van der Waals surface area (Å²) in [5, 5.41) is 8.79. The van der Waals surface area contributed by atoms with Gasteiger partial charge in [0.2, 0.25) is 9.84 Å². The number of hydrogen-bond donors (Lipinski definition) is 1. The third-order valence-electron chi connectivity index (χ3n) is 2.55.